The minimum atomic E-state index is -0.119. The highest BCUT2D eigenvalue weighted by molar-refractivity contribution is 5.96. The topological polar surface area (TPSA) is 96.3 Å². The SMILES string of the molecule is Cc1ncc(CC(=O)c2cc(C(C)(C)C)nn2C)cc1-n1cc(-c2cnn(C)c2C)nn1. The molecule has 4 aromatic heterocycles. The van der Waals surface area contributed by atoms with Gasteiger partial charge in [0.15, 0.2) is 5.78 Å². The third-order valence-corrected chi connectivity index (χ3v) is 5.67. The molecule has 0 amide bonds. The van der Waals surface area contributed by atoms with Gasteiger partial charge in [-0.05, 0) is 31.5 Å². The average Bonchev–Trinajstić information content (AvgIpc) is 3.43. The highest BCUT2D eigenvalue weighted by Crippen LogP contribution is 2.24. The molecule has 0 aliphatic carbocycles. The quantitative estimate of drug-likeness (QED) is 0.450. The fourth-order valence-corrected chi connectivity index (χ4v) is 3.52. The Morgan fingerprint density at radius 2 is 1.81 bits per heavy atom. The zero-order valence-corrected chi connectivity index (χ0v) is 19.6. The van der Waals surface area contributed by atoms with Crippen molar-refractivity contribution in [1.29, 1.82) is 0 Å². The number of carbonyl (C=O) groups is 1. The van der Waals surface area contributed by atoms with Gasteiger partial charge in [0.1, 0.15) is 11.4 Å². The van der Waals surface area contributed by atoms with E-state index in [2.05, 4.69) is 46.3 Å². The number of carbonyl (C=O) groups excluding carboxylic acids is 1. The molecule has 0 bridgehead atoms. The van der Waals surface area contributed by atoms with Crippen molar-refractivity contribution in [2.45, 2.75) is 46.5 Å². The molecule has 0 aliphatic heterocycles. The molecule has 166 valence electrons. The second kappa shape index (κ2) is 7.81. The van der Waals surface area contributed by atoms with Gasteiger partial charge in [-0.2, -0.15) is 10.2 Å². The zero-order valence-electron chi connectivity index (χ0n) is 19.6. The van der Waals surface area contributed by atoms with Crippen LogP contribution < -0.4 is 0 Å². The van der Waals surface area contributed by atoms with Crippen LogP contribution in [0.4, 0.5) is 0 Å². The molecule has 0 unspecified atom stereocenters. The van der Waals surface area contributed by atoms with Crippen LogP contribution in [0.5, 0.6) is 0 Å². The van der Waals surface area contributed by atoms with Gasteiger partial charge in [0.05, 0.1) is 29.5 Å². The van der Waals surface area contributed by atoms with Gasteiger partial charge >= 0.3 is 0 Å². The van der Waals surface area contributed by atoms with E-state index in [1.165, 1.54) is 0 Å². The Hall–Kier alpha value is -3.62. The molecule has 0 aromatic carbocycles. The maximum absolute atomic E-state index is 13.0. The van der Waals surface area contributed by atoms with Crippen LogP contribution in [-0.4, -0.2) is 45.3 Å². The fourth-order valence-electron chi connectivity index (χ4n) is 3.52. The van der Waals surface area contributed by atoms with E-state index in [9.17, 15) is 4.79 Å². The third-order valence-electron chi connectivity index (χ3n) is 5.67. The van der Waals surface area contributed by atoms with E-state index in [4.69, 9.17) is 0 Å². The predicted octanol–water partition coefficient (Wildman–Crippen LogP) is 3.14. The summed E-state index contributed by atoms with van der Waals surface area (Å²) in [6.07, 6.45) is 5.60. The van der Waals surface area contributed by atoms with Crippen molar-refractivity contribution in [3.05, 3.63) is 59.1 Å². The van der Waals surface area contributed by atoms with E-state index in [0.717, 1.165) is 39.6 Å². The number of hydrogen-bond donors (Lipinski definition) is 0. The summed E-state index contributed by atoms with van der Waals surface area (Å²) in [6.45, 7) is 10.1. The highest BCUT2D eigenvalue weighted by Gasteiger charge is 2.22. The van der Waals surface area contributed by atoms with Gasteiger partial charge in [-0.25, -0.2) is 4.68 Å². The number of hydrogen-bond acceptors (Lipinski definition) is 6. The summed E-state index contributed by atoms with van der Waals surface area (Å²) in [5, 5.41) is 17.4. The summed E-state index contributed by atoms with van der Waals surface area (Å²) < 4.78 is 5.15. The first-order valence-electron chi connectivity index (χ1n) is 10.5. The number of aryl methyl sites for hydroxylation is 3. The Labute approximate surface area is 187 Å². The van der Waals surface area contributed by atoms with Crippen molar-refractivity contribution < 1.29 is 4.79 Å². The summed E-state index contributed by atoms with van der Waals surface area (Å²) in [7, 11) is 3.70. The van der Waals surface area contributed by atoms with E-state index in [1.807, 2.05) is 39.2 Å². The van der Waals surface area contributed by atoms with Crippen LogP contribution in [0.3, 0.4) is 0 Å². The molecule has 4 rings (SSSR count). The largest absolute Gasteiger partial charge is 0.292 e. The van der Waals surface area contributed by atoms with Crippen LogP contribution in [0.1, 0.15) is 53.9 Å². The highest BCUT2D eigenvalue weighted by atomic mass is 16.1. The fraction of sp³-hybridized carbons (Fsp3) is 0.391. The van der Waals surface area contributed by atoms with Crippen molar-refractivity contribution in [2.24, 2.45) is 14.1 Å². The first-order valence-corrected chi connectivity index (χ1v) is 10.5. The monoisotopic (exact) mass is 432 g/mol. The normalized spacial score (nSPS) is 11.8. The Bertz CT molecular complexity index is 1300. The number of nitrogens with zero attached hydrogens (tertiary/aromatic N) is 8. The average molecular weight is 433 g/mol. The second-order valence-electron chi connectivity index (χ2n) is 9.15. The van der Waals surface area contributed by atoms with Crippen LogP contribution in [0, 0.1) is 13.8 Å². The van der Waals surface area contributed by atoms with Crippen LogP contribution in [0.2, 0.25) is 0 Å². The van der Waals surface area contributed by atoms with E-state index in [0.29, 0.717) is 5.69 Å². The molecule has 9 nitrogen and oxygen atoms in total. The Morgan fingerprint density at radius 3 is 2.44 bits per heavy atom. The lowest BCUT2D eigenvalue weighted by Gasteiger charge is -2.13. The summed E-state index contributed by atoms with van der Waals surface area (Å²) in [6, 6.07) is 3.82. The van der Waals surface area contributed by atoms with Gasteiger partial charge in [0.25, 0.3) is 0 Å². The first-order chi connectivity index (χ1) is 15.0. The number of pyridine rings is 1. The van der Waals surface area contributed by atoms with E-state index >= 15 is 0 Å². The van der Waals surface area contributed by atoms with Gasteiger partial charge in [0, 0.05) is 43.4 Å². The van der Waals surface area contributed by atoms with E-state index in [-0.39, 0.29) is 17.6 Å². The zero-order chi connectivity index (χ0) is 23.2. The molecule has 4 aromatic rings. The summed E-state index contributed by atoms with van der Waals surface area (Å²) in [4.78, 5) is 17.5. The predicted molar refractivity (Wildman–Crippen MR) is 121 cm³/mol. The van der Waals surface area contributed by atoms with Gasteiger partial charge in [-0.1, -0.05) is 26.0 Å². The second-order valence-corrected chi connectivity index (χ2v) is 9.15. The van der Waals surface area contributed by atoms with Gasteiger partial charge < -0.3 is 0 Å². The van der Waals surface area contributed by atoms with Crippen molar-refractivity contribution in [2.75, 3.05) is 0 Å². The van der Waals surface area contributed by atoms with Gasteiger partial charge in [-0.15, -0.1) is 5.10 Å². The number of aromatic nitrogens is 8. The third kappa shape index (κ3) is 3.98. The molecule has 0 N–H and O–H groups in total. The minimum absolute atomic E-state index is 0.00244. The number of ketones is 1. The van der Waals surface area contributed by atoms with E-state index < -0.39 is 0 Å². The van der Waals surface area contributed by atoms with Crippen molar-refractivity contribution >= 4 is 5.78 Å². The molecule has 0 aliphatic rings. The minimum Gasteiger partial charge on any atom is -0.292 e. The van der Waals surface area contributed by atoms with Gasteiger partial charge in [0.2, 0.25) is 0 Å². The lowest BCUT2D eigenvalue weighted by molar-refractivity contribution is 0.0984. The lowest BCUT2D eigenvalue weighted by atomic mass is 9.92. The summed E-state index contributed by atoms with van der Waals surface area (Å²) in [5.41, 5.74) is 6.45. The van der Waals surface area contributed by atoms with E-state index in [1.54, 1.807) is 33.5 Å². The summed E-state index contributed by atoms with van der Waals surface area (Å²) >= 11 is 0. The first kappa shape index (κ1) is 21.6. The van der Waals surface area contributed by atoms with Crippen LogP contribution >= 0.6 is 0 Å². The smallest absolute Gasteiger partial charge is 0.185 e. The number of rotatable bonds is 5. The molecule has 0 spiro atoms. The summed E-state index contributed by atoms with van der Waals surface area (Å²) in [5.74, 6) is -0.00244. The molecule has 4 heterocycles. The maximum atomic E-state index is 13.0. The molecule has 0 saturated heterocycles. The van der Waals surface area contributed by atoms with Crippen molar-refractivity contribution in [3.63, 3.8) is 0 Å². The van der Waals surface area contributed by atoms with Crippen molar-refractivity contribution in [3.8, 4) is 16.9 Å². The van der Waals surface area contributed by atoms with Crippen LogP contribution in [0.15, 0.2) is 30.7 Å². The Balaban J connectivity index is 1.61. The molecule has 0 fully saturated rings. The van der Waals surface area contributed by atoms with Crippen molar-refractivity contribution in [1.82, 2.24) is 39.5 Å². The standard InChI is InChI=1S/C23H28N8O/c1-14-19(31-13-18(26-28-31)17-12-25-29(6)15(17)2)8-16(11-24-14)9-21(32)20-10-22(23(3,4)5)27-30(20)7/h8,10-13H,9H2,1-7H3. The molecular formula is C23H28N8O. The maximum Gasteiger partial charge on any atom is 0.185 e. The molecule has 0 saturated carbocycles. The molecular weight excluding hydrogens is 404 g/mol. The molecule has 9 heteroatoms. The molecule has 32 heavy (non-hydrogen) atoms. The Kier molecular flexibility index (Phi) is 5.28. The lowest BCUT2D eigenvalue weighted by Crippen LogP contribution is -2.12. The van der Waals surface area contributed by atoms with Gasteiger partial charge in [-0.3, -0.25) is 19.1 Å². The Morgan fingerprint density at radius 1 is 1.06 bits per heavy atom. The van der Waals surface area contributed by atoms with Crippen LogP contribution in [-0.2, 0) is 25.9 Å². The van der Waals surface area contributed by atoms with Crippen LogP contribution in [0.25, 0.3) is 16.9 Å². The molecule has 0 radical (unpaired) electrons. The molecule has 0 atom stereocenters. The number of Topliss-reactive ketones (excluding diaryl/α,β-unsaturated/α-hetero) is 1.